The lowest BCUT2D eigenvalue weighted by Crippen LogP contribution is -2.45. The van der Waals surface area contributed by atoms with Crippen LogP contribution in [-0.2, 0) is 9.59 Å². The number of anilines is 1. The van der Waals surface area contributed by atoms with Crippen molar-refractivity contribution >= 4 is 45.7 Å². The van der Waals surface area contributed by atoms with Gasteiger partial charge in [-0.3, -0.25) is 29.6 Å². The Kier molecular flexibility index (Phi) is 8.42. The first-order valence-electron chi connectivity index (χ1n) is 16.7. The molecule has 4 aromatic heterocycles. The summed E-state index contributed by atoms with van der Waals surface area (Å²) in [4.78, 5) is 49.0. The van der Waals surface area contributed by atoms with Gasteiger partial charge in [-0.25, -0.2) is 9.97 Å². The summed E-state index contributed by atoms with van der Waals surface area (Å²) in [6, 6.07) is 15.7. The number of H-pyrrole nitrogens is 1. The maximum atomic E-state index is 13.8. The Bertz CT molecular complexity index is 2040. The average Bonchev–Trinajstić information content (AvgIpc) is 3.79. The highest BCUT2D eigenvalue weighted by atomic mass is 32.2. The van der Waals surface area contributed by atoms with Crippen molar-refractivity contribution in [3.63, 3.8) is 0 Å². The molecule has 2 amide bonds. The second-order valence-corrected chi connectivity index (χ2v) is 14.2. The normalized spacial score (nSPS) is 19.6. The molecule has 248 valence electrons. The number of benzene rings is 1. The second-order valence-electron chi connectivity index (χ2n) is 13.0. The number of likely N-dealkylation sites (tertiary alicyclic amines) is 1. The van der Waals surface area contributed by atoms with E-state index in [1.165, 1.54) is 12.8 Å². The van der Waals surface area contributed by atoms with Gasteiger partial charge in [-0.15, -0.1) is 11.8 Å². The van der Waals surface area contributed by atoms with Gasteiger partial charge in [0.05, 0.1) is 17.8 Å². The van der Waals surface area contributed by atoms with Gasteiger partial charge in [-0.1, -0.05) is 6.08 Å². The monoisotopic (exact) mass is 671 g/mol. The van der Waals surface area contributed by atoms with E-state index in [9.17, 15) is 9.59 Å². The smallest absolute Gasteiger partial charge is 0.241 e. The molecule has 0 radical (unpaired) electrons. The maximum Gasteiger partial charge on any atom is 0.241 e. The van der Waals surface area contributed by atoms with Gasteiger partial charge in [0.2, 0.25) is 11.8 Å². The Hall–Kier alpha value is -4.94. The molecule has 49 heavy (non-hydrogen) atoms. The van der Waals surface area contributed by atoms with Crippen LogP contribution in [0.3, 0.4) is 0 Å². The zero-order chi connectivity index (χ0) is 33.4. The van der Waals surface area contributed by atoms with Crippen molar-refractivity contribution < 1.29 is 9.59 Å². The summed E-state index contributed by atoms with van der Waals surface area (Å²) < 4.78 is -0.643. The topological polar surface area (TPSA) is 133 Å². The predicted molar refractivity (Wildman–Crippen MR) is 192 cm³/mol. The molecule has 3 aliphatic rings. The predicted octanol–water partition coefficient (Wildman–Crippen LogP) is 5.42. The van der Waals surface area contributed by atoms with Crippen molar-refractivity contribution in [1.82, 2.24) is 39.9 Å². The van der Waals surface area contributed by atoms with Crippen LogP contribution in [0.4, 0.5) is 5.69 Å². The van der Waals surface area contributed by atoms with Crippen molar-refractivity contribution in [2.24, 2.45) is 0 Å². The summed E-state index contributed by atoms with van der Waals surface area (Å²) in [6.07, 6.45) is 14.9. The molecule has 2 fully saturated rings. The van der Waals surface area contributed by atoms with Crippen LogP contribution in [0.1, 0.15) is 43.0 Å². The van der Waals surface area contributed by atoms with Gasteiger partial charge in [-0.05, 0) is 86.0 Å². The first-order valence-corrected chi connectivity index (χ1v) is 17.9. The quantitative estimate of drug-likeness (QED) is 0.211. The van der Waals surface area contributed by atoms with E-state index < -0.39 is 4.75 Å². The molecule has 1 atom stereocenters. The fourth-order valence-corrected chi connectivity index (χ4v) is 7.62. The Balaban J connectivity index is 0.886. The van der Waals surface area contributed by atoms with Crippen LogP contribution in [0.25, 0.3) is 39.1 Å². The summed E-state index contributed by atoms with van der Waals surface area (Å²) in [5, 5.41) is 11.9. The molecule has 11 nitrogen and oxygen atoms in total. The van der Waals surface area contributed by atoms with Crippen LogP contribution in [0.2, 0.25) is 0 Å². The van der Waals surface area contributed by atoms with E-state index in [-0.39, 0.29) is 11.8 Å². The highest BCUT2D eigenvalue weighted by Gasteiger charge is 2.44. The lowest BCUT2D eigenvalue weighted by Gasteiger charge is -2.29. The van der Waals surface area contributed by atoms with Crippen LogP contribution in [-0.4, -0.2) is 95.5 Å². The maximum absolute atomic E-state index is 13.8. The van der Waals surface area contributed by atoms with E-state index >= 15 is 0 Å². The molecule has 12 heteroatoms. The molecule has 1 saturated heterocycles. The second kappa shape index (κ2) is 13.2. The molecule has 8 rings (SSSR count). The summed E-state index contributed by atoms with van der Waals surface area (Å²) in [7, 11) is 0. The van der Waals surface area contributed by atoms with Gasteiger partial charge >= 0.3 is 0 Å². The molecule has 0 unspecified atom stereocenters. The lowest BCUT2D eigenvalue weighted by molar-refractivity contribution is -0.132. The minimum Gasteiger partial charge on any atom is -0.338 e. The van der Waals surface area contributed by atoms with Gasteiger partial charge in [-0.2, -0.15) is 5.10 Å². The third-order valence-corrected chi connectivity index (χ3v) is 11.1. The van der Waals surface area contributed by atoms with E-state index in [1.807, 2.05) is 53.8 Å². The number of nitrogens with zero attached hydrogens (tertiary/aromatic N) is 7. The van der Waals surface area contributed by atoms with Crippen molar-refractivity contribution in [3.05, 3.63) is 90.8 Å². The number of aromatic nitrogens is 6. The van der Waals surface area contributed by atoms with E-state index in [1.54, 1.807) is 36.4 Å². The van der Waals surface area contributed by atoms with Crippen LogP contribution in [0, 0.1) is 0 Å². The molecule has 5 aromatic rings. The van der Waals surface area contributed by atoms with Gasteiger partial charge in [0.1, 0.15) is 10.4 Å². The van der Waals surface area contributed by atoms with Crippen LogP contribution in [0.5, 0.6) is 0 Å². The third-order valence-electron chi connectivity index (χ3n) is 9.82. The largest absolute Gasteiger partial charge is 0.338 e. The van der Waals surface area contributed by atoms with E-state index in [0.29, 0.717) is 50.9 Å². The SMILES string of the molecule is CS[C@@]1(C(=O)Nc2ccc3[nH]nc(-c4ccnc(C5CC5)c4)c3c2)CCN(CC(=O)N2CC=C(c3ccc(-c4ncccn4)cn3)CC2)C1. The molecule has 6 heterocycles. The molecule has 2 aliphatic heterocycles. The summed E-state index contributed by atoms with van der Waals surface area (Å²) in [6.45, 7) is 2.68. The molecule has 0 bridgehead atoms. The number of nitrogens with one attached hydrogen (secondary N) is 2. The number of carbonyl (C=O) groups excluding carboxylic acids is 2. The van der Waals surface area contributed by atoms with Gasteiger partial charge in [0, 0.05) is 84.8 Å². The van der Waals surface area contributed by atoms with Crippen molar-refractivity contribution in [2.75, 3.05) is 44.3 Å². The van der Waals surface area contributed by atoms with Crippen molar-refractivity contribution in [2.45, 2.75) is 36.3 Å². The summed E-state index contributed by atoms with van der Waals surface area (Å²) >= 11 is 1.56. The highest BCUT2D eigenvalue weighted by Crippen LogP contribution is 2.40. The minimum atomic E-state index is -0.643. The number of pyridine rings is 2. The number of hydrogen-bond donors (Lipinski definition) is 2. The van der Waals surface area contributed by atoms with E-state index in [4.69, 9.17) is 0 Å². The fourth-order valence-electron chi connectivity index (χ4n) is 6.78. The van der Waals surface area contributed by atoms with E-state index in [2.05, 4.69) is 52.5 Å². The minimum absolute atomic E-state index is 0.0397. The highest BCUT2D eigenvalue weighted by molar-refractivity contribution is 8.00. The van der Waals surface area contributed by atoms with Gasteiger partial charge in [0.25, 0.3) is 0 Å². The third kappa shape index (κ3) is 6.45. The first kappa shape index (κ1) is 31.3. The van der Waals surface area contributed by atoms with Gasteiger partial charge < -0.3 is 10.2 Å². The molecule has 1 aliphatic carbocycles. The molecule has 0 spiro atoms. The molecular formula is C37H37N9O2S. The fraction of sp³-hybridized carbons (Fsp3) is 0.324. The summed E-state index contributed by atoms with van der Waals surface area (Å²) in [5.74, 6) is 1.24. The van der Waals surface area contributed by atoms with Crippen LogP contribution < -0.4 is 5.32 Å². The number of hydrogen-bond acceptors (Lipinski definition) is 9. The summed E-state index contributed by atoms with van der Waals surface area (Å²) in [5.41, 5.74) is 7.54. The lowest BCUT2D eigenvalue weighted by atomic mass is 10.0. The molecule has 2 N–H and O–H groups in total. The Morgan fingerprint density at radius 3 is 2.63 bits per heavy atom. The van der Waals surface area contributed by atoms with Crippen LogP contribution >= 0.6 is 11.8 Å². The van der Waals surface area contributed by atoms with Crippen molar-refractivity contribution in [1.29, 1.82) is 0 Å². The number of thioether (sulfide) groups is 1. The van der Waals surface area contributed by atoms with E-state index in [0.717, 1.165) is 56.8 Å². The number of fused-ring (bicyclic) bond motifs is 1. The van der Waals surface area contributed by atoms with Gasteiger partial charge in [0.15, 0.2) is 5.82 Å². The van der Waals surface area contributed by atoms with Crippen molar-refractivity contribution in [3.8, 4) is 22.6 Å². The Morgan fingerprint density at radius 1 is 1.00 bits per heavy atom. The first-order chi connectivity index (χ1) is 24.0. The number of carbonyl (C=O) groups is 2. The Labute approximate surface area is 288 Å². The number of rotatable bonds is 9. The molecule has 1 saturated carbocycles. The zero-order valence-electron chi connectivity index (χ0n) is 27.3. The zero-order valence-corrected chi connectivity index (χ0v) is 28.1. The standard InChI is InChI=1S/C37H37N9O2S/c1-49-37(36(48)42-28-6-8-31-29(20-28)34(44-43-31)26-9-15-38-32(19-26)24-3-4-24)12-18-45(23-37)22-33(47)46-16-10-25(11-17-46)30-7-5-27(21-41-30)35-39-13-2-14-40-35/h2,5-10,13-15,19-21,24H,3-4,11-12,16-18,22-23H2,1H3,(H,42,48)(H,43,44)/t37-/m0/s1. The molecular weight excluding hydrogens is 635 g/mol. The Morgan fingerprint density at radius 2 is 1.88 bits per heavy atom. The number of amides is 2. The number of aromatic amines is 1. The molecule has 1 aromatic carbocycles. The van der Waals surface area contributed by atoms with Crippen LogP contribution in [0.15, 0.2) is 79.4 Å². The average molecular weight is 672 g/mol.